The highest BCUT2D eigenvalue weighted by molar-refractivity contribution is 6.32. The SMILES string of the molecule is O=C(NCC1CNC1)c1oc2ccccc2c1COc1ccccc1Cl. The normalized spacial score (nSPS) is 14.2. The van der Waals surface area contributed by atoms with Crippen molar-refractivity contribution in [2.45, 2.75) is 6.61 Å². The molecule has 0 radical (unpaired) electrons. The maximum absolute atomic E-state index is 12.7. The molecule has 0 bridgehead atoms. The van der Waals surface area contributed by atoms with Gasteiger partial charge in [-0.3, -0.25) is 4.79 Å². The minimum absolute atomic E-state index is 0.203. The van der Waals surface area contributed by atoms with Gasteiger partial charge in [-0.05, 0) is 18.2 Å². The molecule has 26 heavy (non-hydrogen) atoms. The van der Waals surface area contributed by atoms with E-state index in [9.17, 15) is 4.79 Å². The molecule has 2 aromatic carbocycles. The van der Waals surface area contributed by atoms with Gasteiger partial charge in [0.25, 0.3) is 5.91 Å². The molecular formula is C20H19ClN2O3. The van der Waals surface area contributed by atoms with Crippen molar-refractivity contribution < 1.29 is 13.9 Å². The summed E-state index contributed by atoms with van der Waals surface area (Å²) in [7, 11) is 0. The molecule has 1 aromatic heterocycles. The minimum Gasteiger partial charge on any atom is -0.487 e. The molecule has 1 amide bonds. The lowest BCUT2D eigenvalue weighted by Crippen LogP contribution is -2.48. The molecule has 0 unspecified atom stereocenters. The standard InChI is InChI=1S/C20H19ClN2O3/c21-16-6-2-4-8-18(16)25-12-15-14-5-1-3-7-17(14)26-19(15)20(24)23-11-13-9-22-10-13/h1-8,13,22H,9-12H2,(H,23,24). The monoisotopic (exact) mass is 370 g/mol. The van der Waals surface area contributed by atoms with Gasteiger partial charge in [0.1, 0.15) is 17.9 Å². The molecule has 1 aliphatic heterocycles. The molecular weight excluding hydrogens is 352 g/mol. The minimum atomic E-state index is -0.217. The molecule has 0 saturated carbocycles. The number of carbonyl (C=O) groups is 1. The first kappa shape index (κ1) is 16.9. The zero-order valence-corrected chi connectivity index (χ0v) is 14.9. The lowest BCUT2D eigenvalue weighted by Gasteiger charge is -2.26. The number of para-hydroxylation sites is 2. The van der Waals surface area contributed by atoms with Gasteiger partial charge >= 0.3 is 0 Å². The Bertz CT molecular complexity index is 934. The highest BCUT2D eigenvalue weighted by atomic mass is 35.5. The summed E-state index contributed by atoms with van der Waals surface area (Å²) in [6, 6.07) is 14.8. The number of rotatable bonds is 6. The topological polar surface area (TPSA) is 63.5 Å². The number of nitrogens with one attached hydrogen (secondary N) is 2. The number of hydrogen-bond donors (Lipinski definition) is 2. The largest absolute Gasteiger partial charge is 0.487 e. The number of amides is 1. The van der Waals surface area contributed by atoms with Crippen LogP contribution in [-0.4, -0.2) is 25.5 Å². The third-order valence-electron chi connectivity index (χ3n) is 4.53. The highest BCUT2D eigenvalue weighted by Gasteiger charge is 2.23. The van der Waals surface area contributed by atoms with Crippen molar-refractivity contribution in [3.05, 3.63) is 64.9 Å². The summed E-state index contributed by atoms with van der Waals surface area (Å²) in [6.07, 6.45) is 0. The quantitative estimate of drug-likeness (QED) is 0.695. The van der Waals surface area contributed by atoms with Gasteiger partial charge in [-0.25, -0.2) is 0 Å². The summed E-state index contributed by atoms with van der Waals surface area (Å²) < 4.78 is 11.7. The van der Waals surface area contributed by atoms with Crippen molar-refractivity contribution >= 4 is 28.5 Å². The van der Waals surface area contributed by atoms with E-state index in [0.29, 0.717) is 34.6 Å². The van der Waals surface area contributed by atoms with Gasteiger partial charge in [-0.2, -0.15) is 0 Å². The van der Waals surface area contributed by atoms with E-state index in [0.717, 1.165) is 24.0 Å². The summed E-state index contributed by atoms with van der Waals surface area (Å²) in [5.41, 5.74) is 1.39. The lowest BCUT2D eigenvalue weighted by atomic mass is 10.0. The Balaban J connectivity index is 1.58. The molecule has 0 atom stereocenters. The molecule has 1 saturated heterocycles. The van der Waals surface area contributed by atoms with Gasteiger partial charge < -0.3 is 19.8 Å². The van der Waals surface area contributed by atoms with E-state index < -0.39 is 0 Å². The van der Waals surface area contributed by atoms with E-state index in [-0.39, 0.29) is 12.5 Å². The molecule has 0 spiro atoms. The third-order valence-corrected chi connectivity index (χ3v) is 4.84. The van der Waals surface area contributed by atoms with Crippen LogP contribution in [-0.2, 0) is 6.61 Å². The Kier molecular flexibility index (Phi) is 4.82. The van der Waals surface area contributed by atoms with Gasteiger partial charge in [-0.1, -0.05) is 41.9 Å². The van der Waals surface area contributed by atoms with Crippen LogP contribution in [0.4, 0.5) is 0 Å². The molecule has 3 aromatic rings. The van der Waals surface area contributed by atoms with Gasteiger partial charge in [-0.15, -0.1) is 0 Å². The van der Waals surface area contributed by atoms with E-state index in [1.54, 1.807) is 12.1 Å². The molecule has 2 heterocycles. The van der Waals surface area contributed by atoms with Crippen molar-refractivity contribution in [1.29, 1.82) is 0 Å². The third kappa shape index (κ3) is 3.41. The van der Waals surface area contributed by atoms with Gasteiger partial charge in [0.15, 0.2) is 5.76 Å². The zero-order chi connectivity index (χ0) is 17.9. The van der Waals surface area contributed by atoms with Crippen LogP contribution in [0, 0.1) is 5.92 Å². The molecule has 134 valence electrons. The van der Waals surface area contributed by atoms with Crippen molar-refractivity contribution in [1.82, 2.24) is 10.6 Å². The predicted molar refractivity (Wildman–Crippen MR) is 101 cm³/mol. The summed E-state index contributed by atoms with van der Waals surface area (Å²) in [5.74, 6) is 1.13. The molecule has 6 heteroatoms. The van der Waals surface area contributed by atoms with E-state index >= 15 is 0 Å². The number of carbonyl (C=O) groups excluding carboxylic acids is 1. The predicted octanol–water partition coefficient (Wildman–Crippen LogP) is 3.61. The van der Waals surface area contributed by atoms with Crippen LogP contribution in [0.15, 0.2) is 52.9 Å². The maximum atomic E-state index is 12.7. The van der Waals surface area contributed by atoms with E-state index in [1.165, 1.54) is 0 Å². The van der Waals surface area contributed by atoms with Crippen LogP contribution in [0.1, 0.15) is 16.1 Å². The van der Waals surface area contributed by atoms with Crippen LogP contribution in [0.5, 0.6) is 5.75 Å². The molecule has 1 fully saturated rings. The average Bonchev–Trinajstić information content (AvgIpc) is 2.98. The van der Waals surface area contributed by atoms with Crippen molar-refractivity contribution in [3.8, 4) is 5.75 Å². The Labute approximate surface area is 156 Å². The van der Waals surface area contributed by atoms with Gasteiger partial charge in [0.2, 0.25) is 0 Å². The van der Waals surface area contributed by atoms with Crippen LogP contribution >= 0.6 is 11.6 Å². The van der Waals surface area contributed by atoms with Crippen LogP contribution < -0.4 is 15.4 Å². The number of ether oxygens (including phenoxy) is 1. The molecule has 5 nitrogen and oxygen atoms in total. The maximum Gasteiger partial charge on any atom is 0.287 e. The van der Waals surface area contributed by atoms with Gasteiger partial charge in [0.05, 0.1) is 5.02 Å². The first-order chi connectivity index (χ1) is 12.7. The van der Waals surface area contributed by atoms with Crippen molar-refractivity contribution in [2.75, 3.05) is 19.6 Å². The summed E-state index contributed by atoms with van der Waals surface area (Å²) in [6.45, 7) is 2.70. The van der Waals surface area contributed by atoms with Crippen molar-refractivity contribution in [3.63, 3.8) is 0 Å². The van der Waals surface area contributed by atoms with E-state index in [2.05, 4.69) is 10.6 Å². The Hall–Kier alpha value is -2.50. The lowest BCUT2D eigenvalue weighted by molar-refractivity contribution is 0.0913. The fraction of sp³-hybridized carbons (Fsp3) is 0.250. The fourth-order valence-electron chi connectivity index (χ4n) is 2.95. The number of fused-ring (bicyclic) bond motifs is 1. The molecule has 0 aliphatic carbocycles. The first-order valence-electron chi connectivity index (χ1n) is 8.59. The Morgan fingerprint density at radius 1 is 1.19 bits per heavy atom. The number of benzene rings is 2. The van der Waals surface area contributed by atoms with Crippen LogP contribution in [0.25, 0.3) is 11.0 Å². The summed E-state index contributed by atoms with van der Waals surface area (Å²) in [4.78, 5) is 12.7. The molecule has 1 aliphatic rings. The number of furan rings is 1. The Morgan fingerprint density at radius 2 is 1.96 bits per heavy atom. The van der Waals surface area contributed by atoms with Crippen LogP contribution in [0.3, 0.4) is 0 Å². The second-order valence-corrected chi connectivity index (χ2v) is 6.77. The van der Waals surface area contributed by atoms with Crippen LogP contribution in [0.2, 0.25) is 5.02 Å². The van der Waals surface area contributed by atoms with E-state index in [4.69, 9.17) is 20.8 Å². The zero-order valence-electron chi connectivity index (χ0n) is 14.1. The summed E-state index contributed by atoms with van der Waals surface area (Å²) >= 11 is 6.16. The molecule has 4 rings (SSSR count). The summed E-state index contributed by atoms with van der Waals surface area (Å²) in [5, 5.41) is 7.55. The second-order valence-electron chi connectivity index (χ2n) is 6.36. The fourth-order valence-corrected chi connectivity index (χ4v) is 3.14. The van der Waals surface area contributed by atoms with Crippen molar-refractivity contribution in [2.24, 2.45) is 5.92 Å². The smallest absolute Gasteiger partial charge is 0.287 e. The van der Waals surface area contributed by atoms with Gasteiger partial charge in [0, 0.05) is 36.5 Å². The molecule has 2 N–H and O–H groups in total. The Morgan fingerprint density at radius 3 is 2.73 bits per heavy atom. The highest BCUT2D eigenvalue weighted by Crippen LogP contribution is 2.29. The number of hydrogen-bond acceptors (Lipinski definition) is 4. The van der Waals surface area contributed by atoms with E-state index in [1.807, 2.05) is 36.4 Å². The second kappa shape index (κ2) is 7.40. The first-order valence-corrected chi connectivity index (χ1v) is 8.97. The average molecular weight is 371 g/mol. The number of halogens is 1.